The Bertz CT molecular complexity index is 606. The van der Waals surface area contributed by atoms with Gasteiger partial charge in [0.1, 0.15) is 16.8 Å². The Morgan fingerprint density at radius 3 is 2.67 bits per heavy atom. The average Bonchev–Trinajstić information content (AvgIpc) is 3.18. The van der Waals surface area contributed by atoms with E-state index >= 15 is 0 Å². The van der Waals surface area contributed by atoms with Gasteiger partial charge in [-0.15, -0.1) is 0 Å². The third-order valence-electron chi connectivity index (χ3n) is 3.17. The minimum Gasteiger partial charge on any atom is -0.248 e. The Kier molecular flexibility index (Phi) is 2.81. The first-order valence-electron chi connectivity index (χ1n) is 6.00. The molecule has 1 aromatic carbocycles. The first kappa shape index (κ1) is 11.3. The largest absolute Gasteiger partial charge is 0.248 e. The second-order valence-electron chi connectivity index (χ2n) is 4.58. The molecule has 3 rings (SSSR count). The minimum atomic E-state index is 0.439. The average molecular weight is 258 g/mol. The summed E-state index contributed by atoms with van der Waals surface area (Å²) in [5.74, 6) is 0.439. The van der Waals surface area contributed by atoms with Crippen molar-refractivity contribution in [3.8, 4) is 6.07 Å². The van der Waals surface area contributed by atoms with Gasteiger partial charge >= 0.3 is 0 Å². The number of nitrogens with zero attached hydrogens (tertiary/aromatic N) is 3. The van der Waals surface area contributed by atoms with Crippen LogP contribution in [0.1, 0.15) is 35.6 Å². The van der Waals surface area contributed by atoms with Gasteiger partial charge in [0.2, 0.25) is 0 Å². The molecule has 0 unspecified atom stereocenters. The van der Waals surface area contributed by atoms with Gasteiger partial charge in [0, 0.05) is 5.92 Å². The van der Waals surface area contributed by atoms with Crippen LogP contribution in [0.5, 0.6) is 0 Å². The van der Waals surface area contributed by atoms with E-state index in [1.165, 1.54) is 0 Å². The molecule has 18 heavy (non-hydrogen) atoms. The lowest BCUT2D eigenvalue weighted by molar-refractivity contribution is 0.673. The van der Waals surface area contributed by atoms with Crippen LogP contribution in [0.3, 0.4) is 0 Å². The van der Waals surface area contributed by atoms with Crippen molar-refractivity contribution in [2.75, 3.05) is 0 Å². The predicted octanol–water partition coefficient (Wildman–Crippen LogP) is 3.33. The molecule has 0 aliphatic heterocycles. The maximum Gasteiger partial charge on any atom is 0.145 e. The van der Waals surface area contributed by atoms with Gasteiger partial charge in [0.25, 0.3) is 0 Å². The van der Waals surface area contributed by atoms with Crippen molar-refractivity contribution < 1.29 is 0 Å². The van der Waals surface area contributed by atoms with Crippen molar-refractivity contribution in [3.05, 3.63) is 52.3 Å². The molecule has 1 heterocycles. The Morgan fingerprint density at radius 1 is 1.33 bits per heavy atom. The third-order valence-corrected chi connectivity index (χ3v) is 3.55. The van der Waals surface area contributed by atoms with Crippen LogP contribution in [-0.4, -0.2) is 9.78 Å². The number of rotatable bonds is 3. The summed E-state index contributed by atoms with van der Waals surface area (Å²) in [5.41, 5.74) is 2.56. The number of benzene rings is 1. The zero-order valence-electron chi connectivity index (χ0n) is 9.81. The lowest BCUT2D eigenvalue weighted by Crippen LogP contribution is -2.02. The van der Waals surface area contributed by atoms with Gasteiger partial charge in [-0.2, -0.15) is 10.4 Å². The third kappa shape index (κ3) is 2.00. The fourth-order valence-corrected chi connectivity index (χ4v) is 2.30. The minimum absolute atomic E-state index is 0.439. The fraction of sp³-hybridized carbons (Fsp3) is 0.286. The van der Waals surface area contributed by atoms with E-state index in [0.29, 0.717) is 23.2 Å². The van der Waals surface area contributed by atoms with Gasteiger partial charge in [-0.3, -0.25) is 0 Å². The van der Waals surface area contributed by atoms with Crippen molar-refractivity contribution >= 4 is 11.6 Å². The molecular formula is C14H12ClN3. The second-order valence-corrected chi connectivity index (χ2v) is 4.94. The number of hydrogen-bond acceptors (Lipinski definition) is 2. The monoisotopic (exact) mass is 257 g/mol. The molecule has 4 heteroatoms. The SMILES string of the molecule is N#Cc1c(C2CC2)nn(Cc2ccccc2)c1Cl. The smallest absolute Gasteiger partial charge is 0.145 e. The molecule has 90 valence electrons. The van der Waals surface area contributed by atoms with Crippen LogP contribution < -0.4 is 0 Å². The van der Waals surface area contributed by atoms with Gasteiger partial charge in [0.05, 0.1) is 12.2 Å². The van der Waals surface area contributed by atoms with Crippen molar-refractivity contribution in [1.82, 2.24) is 9.78 Å². The van der Waals surface area contributed by atoms with Crippen LogP contribution in [0.2, 0.25) is 5.15 Å². The molecule has 3 nitrogen and oxygen atoms in total. The predicted molar refractivity (Wildman–Crippen MR) is 69.5 cm³/mol. The summed E-state index contributed by atoms with van der Waals surface area (Å²) in [5, 5.41) is 14.1. The molecule has 0 atom stereocenters. The summed E-state index contributed by atoms with van der Waals surface area (Å²) in [7, 11) is 0. The highest BCUT2D eigenvalue weighted by atomic mass is 35.5. The van der Waals surface area contributed by atoms with Crippen molar-refractivity contribution in [2.45, 2.75) is 25.3 Å². The Morgan fingerprint density at radius 2 is 2.06 bits per heavy atom. The summed E-state index contributed by atoms with van der Waals surface area (Å²) in [4.78, 5) is 0. The van der Waals surface area contributed by atoms with Crippen molar-refractivity contribution in [2.24, 2.45) is 0 Å². The molecular weight excluding hydrogens is 246 g/mol. The molecule has 0 N–H and O–H groups in total. The second kappa shape index (κ2) is 4.47. The zero-order chi connectivity index (χ0) is 12.5. The number of nitriles is 1. The number of aromatic nitrogens is 2. The molecule has 0 bridgehead atoms. The Balaban J connectivity index is 1.95. The lowest BCUT2D eigenvalue weighted by atomic mass is 10.2. The highest BCUT2D eigenvalue weighted by molar-refractivity contribution is 6.30. The van der Waals surface area contributed by atoms with Gasteiger partial charge in [-0.25, -0.2) is 4.68 Å². The standard InChI is InChI=1S/C14H12ClN3/c15-14-12(8-16)13(11-6-7-11)17-18(14)9-10-4-2-1-3-5-10/h1-5,11H,6-7,9H2. The van der Waals surface area contributed by atoms with Crippen LogP contribution >= 0.6 is 11.6 Å². The number of halogens is 1. The van der Waals surface area contributed by atoms with E-state index < -0.39 is 0 Å². The Hall–Kier alpha value is -1.79. The molecule has 1 aromatic heterocycles. The topological polar surface area (TPSA) is 41.6 Å². The zero-order valence-corrected chi connectivity index (χ0v) is 10.6. The van der Waals surface area contributed by atoms with E-state index in [0.717, 1.165) is 24.1 Å². The maximum atomic E-state index is 9.17. The first-order valence-corrected chi connectivity index (χ1v) is 6.37. The fourth-order valence-electron chi connectivity index (χ4n) is 2.07. The normalized spacial score (nSPS) is 14.4. The number of hydrogen-bond donors (Lipinski definition) is 0. The summed E-state index contributed by atoms with van der Waals surface area (Å²) in [6.45, 7) is 0.612. The van der Waals surface area contributed by atoms with Gasteiger partial charge in [0.15, 0.2) is 0 Å². The summed E-state index contributed by atoms with van der Waals surface area (Å²) >= 11 is 6.23. The van der Waals surface area contributed by atoms with Gasteiger partial charge in [-0.05, 0) is 18.4 Å². The van der Waals surface area contributed by atoms with Crippen LogP contribution in [0.15, 0.2) is 30.3 Å². The van der Waals surface area contributed by atoms with E-state index in [4.69, 9.17) is 16.9 Å². The van der Waals surface area contributed by atoms with Crippen molar-refractivity contribution in [3.63, 3.8) is 0 Å². The van der Waals surface area contributed by atoms with Gasteiger partial charge in [-0.1, -0.05) is 41.9 Å². The Labute approximate surface area is 111 Å². The molecule has 0 spiro atoms. The van der Waals surface area contributed by atoms with Crippen LogP contribution in [0.25, 0.3) is 0 Å². The maximum absolute atomic E-state index is 9.17. The van der Waals surface area contributed by atoms with E-state index in [1.54, 1.807) is 4.68 Å². The van der Waals surface area contributed by atoms with Crippen LogP contribution in [0, 0.1) is 11.3 Å². The molecule has 0 radical (unpaired) electrons. The highest BCUT2D eigenvalue weighted by Crippen LogP contribution is 2.42. The summed E-state index contributed by atoms with van der Waals surface area (Å²) in [6.07, 6.45) is 2.24. The lowest BCUT2D eigenvalue weighted by Gasteiger charge is -2.02. The summed E-state index contributed by atoms with van der Waals surface area (Å²) in [6, 6.07) is 12.2. The van der Waals surface area contributed by atoms with E-state index in [-0.39, 0.29) is 0 Å². The van der Waals surface area contributed by atoms with E-state index in [1.807, 2.05) is 30.3 Å². The molecule has 0 amide bonds. The molecule has 2 aromatic rings. The highest BCUT2D eigenvalue weighted by Gasteiger charge is 2.31. The first-order chi connectivity index (χ1) is 8.79. The molecule has 1 fully saturated rings. The van der Waals surface area contributed by atoms with E-state index in [2.05, 4.69) is 11.2 Å². The van der Waals surface area contributed by atoms with Crippen LogP contribution in [-0.2, 0) is 6.54 Å². The van der Waals surface area contributed by atoms with Crippen molar-refractivity contribution in [1.29, 1.82) is 5.26 Å². The van der Waals surface area contributed by atoms with Crippen LogP contribution in [0.4, 0.5) is 0 Å². The quantitative estimate of drug-likeness (QED) is 0.846. The molecule has 1 aliphatic rings. The molecule has 1 aliphatic carbocycles. The summed E-state index contributed by atoms with van der Waals surface area (Å²) < 4.78 is 1.73. The molecule has 1 saturated carbocycles. The van der Waals surface area contributed by atoms with Gasteiger partial charge < -0.3 is 0 Å². The molecule has 0 saturated heterocycles. The van der Waals surface area contributed by atoms with E-state index in [9.17, 15) is 0 Å².